The maximum Gasteiger partial charge on any atom is 0.416 e. The number of benzene rings is 2. The highest BCUT2D eigenvalue weighted by molar-refractivity contribution is 8.14. The van der Waals surface area contributed by atoms with Crippen molar-refractivity contribution in [2.45, 2.75) is 25.2 Å². The third kappa shape index (κ3) is 5.17. The number of aliphatic imine (C=N–C) groups is 1. The summed E-state index contributed by atoms with van der Waals surface area (Å²) in [5.41, 5.74) is 0.304. The van der Waals surface area contributed by atoms with Crippen LogP contribution >= 0.6 is 35.0 Å². The minimum absolute atomic E-state index is 0.00145. The van der Waals surface area contributed by atoms with E-state index >= 15 is 0 Å². The molecule has 2 atom stereocenters. The first-order valence-electron chi connectivity index (χ1n) is 9.98. The molecule has 1 saturated heterocycles. The van der Waals surface area contributed by atoms with Crippen molar-refractivity contribution in [3.05, 3.63) is 57.6 Å². The Morgan fingerprint density at radius 2 is 1.94 bits per heavy atom. The van der Waals surface area contributed by atoms with Gasteiger partial charge in [-0.05, 0) is 42.8 Å². The lowest BCUT2D eigenvalue weighted by Crippen LogP contribution is -2.39. The molecule has 2 aliphatic heterocycles. The number of rotatable bonds is 4. The summed E-state index contributed by atoms with van der Waals surface area (Å²) >= 11 is 13.3. The first kappa shape index (κ1) is 25.2. The number of nitrogens with one attached hydrogen (secondary N) is 1. The first-order chi connectivity index (χ1) is 15.9. The Balaban J connectivity index is 1.60. The number of amides is 1. The van der Waals surface area contributed by atoms with Crippen LogP contribution in [0.5, 0.6) is 0 Å². The first-order valence-corrected chi connectivity index (χ1v) is 13.5. The van der Waals surface area contributed by atoms with Crippen LogP contribution in [-0.2, 0) is 20.8 Å². The minimum atomic E-state index is -4.61. The largest absolute Gasteiger partial charge is 0.416 e. The molecule has 34 heavy (non-hydrogen) atoms. The molecule has 0 radical (unpaired) electrons. The van der Waals surface area contributed by atoms with Crippen molar-refractivity contribution >= 4 is 67.3 Å². The van der Waals surface area contributed by atoms with Gasteiger partial charge in [0, 0.05) is 10.7 Å². The van der Waals surface area contributed by atoms with E-state index in [1.807, 2.05) is 0 Å². The molecule has 0 unspecified atom stereocenters. The maximum absolute atomic E-state index is 13.3. The molecule has 182 valence electrons. The molecule has 0 saturated carbocycles. The molecular formula is C21H18Cl2F3N3O3S2. The van der Waals surface area contributed by atoms with Gasteiger partial charge in [0.1, 0.15) is 0 Å². The second-order valence-electron chi connectivity index (χ2n) is 7.91. The fourth-order valence-electron chi connectivity index (χ4n) is 3.85. The smallest absolute Gasteiger partial charge is 0.325 e. The molecule has 4 rings (SSSR count). The molecular weight excluding hydrogens is 534 g/mol. The lowest BCUT2D eigenvalue weighted by Gasteiger charge is -2.28. The molecule has 0 aliphatic carbocycles. The molecule has 2 aliphatic rings. The van der Waals surface area contributed by atoms with Crippen LogP contribution in [0.1, 0.15) is 11.1 Å². The van der Waals surface area contributed by atoms with Crippen molar-refractivity contribution in [1.29, 1.82) is 0 Å². The summed E-state index contributed by atoms with van der Waals surface area (Å²) in [6, 6.07) is 6.57. The highest BCUT2D eigenvalue weighted by Gasteiger charge is 2.48. The van der Waals surface area contributed by atoms with Gasteiger partial charge in [-0.1, -0.05) is 41.0 Å². The summed E-state index contributed by atoms with van der Waals surface area (Å²) < 4.78 is 64.4. The van der Waals surface area contributed by atoms with Gasteiger partial charge in [-0.15, -0.1) is 0 Å². The Hall–Kier alpha value is -1.95. The fraction of sp³-hybridized carbons (Fsp3) is 0.333. The van der Waals surface area contributed by atoms with Crippen LogP contribution in [0.3, 0.4) is 0 Å². The second-order valence-corrected chi connectivity index (χ2v) is 11.8. The molecule has 1 N–H and O–H groups in total. The Bertz CT molecular complexity index is 1290. The Morgan fingerprint density at radius 3 is 2.65 bits per heavy atom. The van der Waals surface area contributed by atoms with E-state index < -0.39 is 33.7 Å². The zero-order valence-electron chi connectivity index (χ0n) is 17.6. The van der Waals surface area contributed by atoms with Gasteiger partial charge in [0.15, 0.2) is 15.0 Å². The topological polar surface area (TPSA) is 78.8 Å². The summed E-state index contributed by atoms with van der Waals surface area (Å²) in [6.07, 6.45) is -4.61. The summed E-state index contributed by atoms with van der Waals surface area (Å²) in [7, 11) is -3.42. The van der Waals surface area contributed by atoms with E-state index in [9.17, 15) is 26.4 Å². The summed E-state index contributed by atoms with van der Waals surface area (Å²) in [5.74, 6) is -0.976. The van der Waals surface area contributed by atoms with E-state index in [-0.39, 0.29) is 39.0 Å². The van der Waals surface area contributed by atoms with Crippen LogP contribution in [0, 0.1) is 6.92 Å². The lowest BCUT2D eigenvalue weighted by molar-refractivity contribution is -0.137. The Morgan fingerprint density at radius 1 is 1.21 bits per heavy atom. The molecule has 2 aromatic carbocycles. The van der Waals surface area contributed by atoms with E-state index in [2.05, 4.69) is 10.3 Å². The van der Waals surface area contributed by atoms with Crippen molar-refractivity contribution < 1.29 is 26.4 Å². The number of nitrogens with zero attached hydrogens (tertiary/aromatic N) is 2. The van der Waals surface area contributed by atoms with E-state index in [1.165, 1.54) is 4.90 Å². The van der Waals surface area contributed by atoms with E-state index in [0.717, 1.165) is 30.0 Å². The minimum Gasteiger partial charge on any atom is -0.325 e. The van der Waals surface area contributed by atoms with Crippen molar-refractivity contribution in [3.63, 3.8) is 0 Å². The monoisotopic (exact) mass is 551 g/mol. The van der Waals surface area contributed by atoms with Gasteiger partial charge in [-0.3, -0.25) is 9.79 Å². The van der Waals surface area contributed by atoms with Crippen molar-refractivity contribution in [3.8, 4) is 0 Å². The number of sulfone groups is 1. The standard InChI is InChI=1S/C21H18Cl2F3N3O3S2/c1-11-13(22)3-2-4-15(11)27-19(30)8-33-20-28-16-9-34(31,32)10-18(16)29(20)17-7-12(21(24,25)26)5-6-14(17)23/h2-7,16,18H,8-10H2,1H3,(H,27,30)/t16-,18+/m0/s1. The quantitative estimate of drug-likeness (QED) is 0.576. The number of alkyl halides is 3. The molecule has 2 aromatic rings. The number of carbonyl (C=O) groups is 1. The number of amidine groups is 1. The highest BCUT2D eigenvalue weighted by Crippen LogP contribution is 2.41. The van der Waals surface area contributed by atoms with Gasteiger partial charge >= 0.3 is 6.18 Å². The lowest BCUT2D eigenvalue weighted by atomic mass is 10.1. The van der Waals surface area contributed by atoms with Gasteiger partial charge in [-0.25, -0.2) is 8.42 Å². The number of thioether (sulfide) groups is 1. The highest BCUT2D eigenvalue weighted by atomic mass is 35.5. The number of hydrogen-bond acceptors (Lipinski definition) is 6. The van der Waals surface area contributed by atoms with Crippen LogP contribution in [0.4, 0.5) is 24.5 Å². The summed E-state index contributed by atoms with van der Waals surface area (Å²) in [4.78, 5) is 18.4. The second kappa shape index (κ2) is 9.25. The number of anilines is 2. The van der Waals surface area contributed by atoms with Crippen LogP contribution < -0.4 is 10.2 Å². The van der Waals surface area contributed by atoms with Crippen LogP contribution in [0.25, 0.3) is 0 Å². The third-order valence-corrected chi connectivity index (χ3v) is 8.91. The zero-order chi connectivity index (χ0) is 24.8. The van der Waals surface area contributed by atoms with Crippen molar-refractivity contribution in [1.82, 2.24) is 0 Å². The molecule has 1 amide bonds. The molecule has 1 fully saturated rings. The molecule has 0 bridgehead atoms. The zero-order valence-corrected chi connectivity index (χ0v) is 20.7. The van der Waals surface area contributed by atoms with Crippen LogP contribution in [-0.4, -0.2) is 48.8 Å². The predicted octanol–water partition coefficient (Wildman–Crippen LogP) is 5.03. The third-order valence-electron chi connectivity index (χ3n) is 5.51. The normalized spacial score (nSPS) is 21.4. The fourth-order valence-corrected chi connectivity index (χ4v) is 6.99. The number of carbonyl (C=O) groups excluding carboxylic acids is 1. The number of fused-ring (bicyclic) bond motifs is 1. The van der Waals surface area contributed by atoms with Crippen LogP contribution in [0.15, 0.2) is 41.4 Å². The predicted molar refractivity (Wildman–Crippen MR) is 130 cm³/mol. The molecule has 0 spiro atoms. The van der Waals surface area contributed by atoms with E-state index in [0.29, 0.717) is 16.3 Å². The van der Waals surface area contributed by atoms with Crippen LogP contribution in [0.2, 0.25) is 10.0 Å². The molecule has 2 heterocycles. The summed E-state index contributed by atoms with van der Waals surface area (Å²) in [5, 5.41) is 3.49. The SMILES string of the molecule is Cc1c(Cl)cccc1NC(=O)CSC1=N[C@H]2CS(=O)(=O)C[C@H]2N1c1cc(C(F)(F)F)ccc1Cl. The average Bonchev–Trinajstić information content (AvgIpc) is 3.20. The molecule has 0 aromatic heterocycles. The van der Waals surface area contributed by atoms with Gasteiger partial charge in [0.25, 0.3) is 0 Å². The van der Waals surface area contributed by atoms with Crippen molar-refractivity contribution in [2.75, 3.05) is 27.5 Å². The van der Waals surface area contributed by atoms with Crippen molar-refractivity contribution in [2.24, 2.45) is 4.99 Å². The summed E-state index contributed by atoms with van der Waals surface area (Å²) in [6.45, 7) is 1.76. The van der Waals surface area contributed by atoms with E-state index in [1.54, 1.807) is 25.1 Å². The molecule has 6 nitrogen and oxygen atoms in total. The van der Waals surface area contributed by atoms with Gasteiger partial charge in [0.05, 0.1) is 45.6 Å². The van der Waals surface area contributed by atoms with Gasteiger partial charge in [-0.2, -0.15) is 13.2 Å². The number of halogens is 5. The maximum atomic E-state index is 13.3. The van der Waals surface area contributed by atoms with Gasteiger partial charge < -0.3 is 10.2 Å². The van der Waals surface area contributed by atoms with Gasteiger partial charge in [0.2, 0.25) is 5.91 Å². The Labute approximate surface area is 208 Å². The average molecular weight is 552 g/mol. The Kier molecular flexibility index (Phi) is 6.84. The van der Waals surface area contributed by atoms with E-state index in [4.69, 9.17) is 23.2 Å². The molecule has 13 heteroatoms. The number of hydrogen-bond donors (Lipinski definition) is 1.